The van der Waals surface area contributed by atoms with Gasteiger partial charge in [-0.3, -0.25) is 4.79 Å². The molecule has 0 saturated heterocycles. The van der Waals surface area contributed by atoms with Crippen molar-refractivity contribution in [2.45, 2.75) is 25.8 Å². The summed E-state index contributed by atoms with van der Waals surface area (Å²) in [5.74, 6) is -0.0365. The molecule has 0 aliphatic carbocycles. The predicted octanol–water partition coefficient (Wildman–Crippen LogP) is 5.36. The van der Waals surface area contributed by atoms with Crippen molar-refractivity contribution in [3.05, 3.63) is 108 Å². The summed E-state index contributed by atoms with van der Waals surface area (Å²) in [6.45, 7) is 2.06. The summed E-state index contributed by atoms with van der Waals surface area (Å²) < 4.78 is 0. The molecule has 1 N–H and O–H groups in total. The van der Waals surface area contributed by atoms with E-state index in [-0.39, 0.29) is 11.9 Å². The van der Waals surface area contributed by atoms with Crippen LogP contribution in [0, 0.1) is 0 Å². The van der Waals surface area contributed by atoms with E-state index in [1.165, 1.54) is 5.56 Å². The van der Waals surface area contributed by atoms with Crippen LogP contribution < -0.4 is 5.32 Å². The molecule has 0 aliphatic rings. The summed E-state index contributed by atoms with van der Waals surface area (Å²) in [5, 5.41) is 3.16. The molecular formula is C25H25NO. The molecule has 2 heteroatoms. The minimum absolute atomic E-state index is 0.0365. The number of hydrogen-bond donors (Lipinski definition) is 1. The zero-order chi connectivity index (χ0) is 18.9. The van der Waals surface area contributed by atoms with Crippen LogP contribution in [0.3, 0.4) is 0 Å². The lowest BCUT2D eigenvalue weighted by Gasteiger charge is -2.16. The van der Waals surface area contributed by atoms with E-state index in [1.54, 1.807) is 0 Å². The molecule has 2 nitrogen and oxygen atoms in total. The van der Waals surface area contributed by atoms with Gasteiger partial charge in [0.25, 0.3) is 5.91 Å². The van der Waals surface area contributed by atoms with E-state index in [4.69, 9.17) is 0 Å². The van der Waals surface area contributed by atoms with E-state index in [1.807, 2.05) is 72.8 Å². The van der Waals surface area contributed by atoms with Crippen molar-refractivity contribution < 1.29 is 4.79 Å². The highest BCUT2D eigenvalue weighted by Gasteiger charge is 2.14. The Bertz CT molecular complexity index is 870. The number of nitrogens with one attached hydrogen (secondary N) is 1. The highest BCUT2D eigenvalue weighted by atomic mass is 16.1. The lowest BCUT2D eigenvalue weighted by atomic mass is 10.0. The Hall–Kier alpha value is -3.13. The third kappa shape index (κ3) is 5.68. The van der Waals surface area contributed by atoms with Crippen molar-refractivity contribution in [2.24, 2.45) is 0 Å². The Balaban J connectivity index is 1.72. The van der Waals surface area contributed by atoms with Crippen LogP contribution in [-0.2, 0) is 11.2 Å². The summed E-state index contributed by atoms with van der Waals surface area (Å²) in [7, 11) is 0. The smallest absolute Gasteiger partial charge is 0.252 e. The van der Waals surface area contributed by atoms with Gasteiger partial charge in [0.05, 0.1) is 0 Å². The number of hydrogen-bond acceptors (Lipinski definition) is 1. The maximum absolute atomic E-state index is 13.0. The van der Waals surface area contributed by atoms with Crippen LogP contribution in [-0.4, -0.2) is 11.9 Å². The van der Waals surface area contributed by atoms with Gasteiger partial charge in [0.15, 0.2) is 0 Å². The van der Waals surface area contributed by atoms with Crippen LogP contribution >= 0.6 is 0 Å². The fraction of sp³-hybridized carbons (Fsp3) is 0.160. The summed E-state index contributed by atoms with van der Waals surface area (Å²) >= 11 is 0. The molecule has 0 heterocycles. The molecule has 1 amide bonds. The van der Waals surface area contributed by atoms with Gasteiger partial charge in [-0.15, -0.1) is 0 Å². The lowest BCUT2D eigenvalue weighted by molar-refractivity contribution is -0.116. The summed E-state index contributed by atoms with van der Waals surface area (Å²) in [5.41, 5.74) is 3.92. The zero-order valence-electron chi connectivity index (χ0n) is 15.6. The molecule has 0 aliphatic heterocycles. The van der Waals surface area contributed by atoms with Gasteiger partial charge < -0.3 is 5.32 Å². The quantitative estimate of drug-likeness (QED) is 0.448. The molecule has 3 aromatic rings. The van der Waals surface area contributed by atoms with Crippen molar-refractivity contribution in [3.8, 4) is 0 Å². The molecule has 3 aromatic carbocycles. The molecule has 136 valence electrons. The topological polar surface area (TPSA) is 29.1 Å². The van der Waals surface area contributed by atoms with Gasteiger partial charge in [-0.1, -0.05) is 91.0 Å². The lowest BCUT2D eigenvalue weighted by Crippen LogP contribution is -2.33. The van der Waals surface area contributed by atoms with Gasteiger partial charge in [-0.25, -0.2) is 0 Å². The van der Waals surface area contributed by atoms with Gasteiger partial charge in [0, 0.05) is 11.6 Å². The van der Waals surface area contributed by atoms with Gasteiger partial charge in [0.2, 0.25) is 0 Å². The third-order valence-electron chi connectivity index (χ3n) is 4.53. The van der Waals surface area contributed by atoms with E-state index in [2.05, 4.69) is 36.5 Å². The number of carbonyl (C=O) groups excluding carboxylic acids is 1. The maximum Gasteiger partial charge on any atom is 0.252 e. The number of rotatable bonds is 7. The number of amides is 1. The Morgan fingerprint density at radius 3 is 2.04 bits per heavy atom. The first-order valence-corrected chi connectivity index (χ1v) is 9.39. The predicted molar refractivity (Wildman–Crippen MR) is 113 cm³/mol. The fourth-order valence-electron chi connectivity index (χ4n) is 3.02. The zero-order valence-corrected chi connectivity index (χ0v) is 15.6. The molecule has 0 unspecified atom stereocenters. The Morgan fingerprint density at radius 1 is 0.852 bits per heavy atom. The van der Waals surface area contributed by atoms with Gasteiger partial charge in [-0.2, -0.15) is 0 Å². The standard InChI is InChI=1S/C25H25NO/c1-20(17-18-21-11-5-2-6-12-21)26-25(27)24(23-15-9-4-10-16-23)19-22-13-7-3-8-14-22/h2-16,19-20H,17-18H2,1H3,(H,26,27)/b24-19+/t20-/m1/s1. The molecule has 0 aromatic heterocycles. The Morgan fingerprint density at radius 2 is 1.41 bits per heavy atom. The first kappa shape index (κ1) is 18.7. The van der Waals surface area contributed by atoms with Crippen LogP contribution in [0.25, 0.3) is 11.6 Å². The molecule has 0 spiro atoms. The van der Waals surface area contributed by atoms with Gasteiger partial charge >= 0.3 is 0 Å². The van der Waals surface area contributed by atoms with Gasteiger partial charge in [-0.05, 0) is 42.5 Å². The maximum atomic E-state index is 13.0. The highest BCUT2D eigenvalue weighted by molar-refractivity contribution is 6.24. The van der Waals surface area contributed by atoms with Crippen molar-refractivity contribution in [2.75, 3.05) is 0 Å². The average Bonchev–Trinajstić information content (AvgIpc) is 2.72. The molecule has 0 saturated carbocycles. The molecule has 0 radical (unpaired) electrons. The second kappa shape index (κ2) is 9.54. The number of benzene rings is 3. The fourth-order valence-corrected chi connectivity index (χ4v) is 3.02. The van der Waals surface area contributed by atoms with Crippen LogP contribution in [0.2, 0.25) is 0 Å². The molecule has 27 heavy (non-hydrogen) atoms. The van der Waals surface area contributed by atoms with E-state index in [0.717, 1.165) is 24.0 Å². The largest absolute Gasteiger partial charge is 0.350 e. The monoisotopic (exact) mass is 355 g/mol. The summed E-state index contributed by atoms with van der Waals surface area (Å²) in [6, 6.07) is 30.3. The molecule has 1 atom stereocenters. The van der Waals surface area contributed by atoms with Crippen LogP contribution in [0.15, 0.2) is 91.0 Å². The Kier molecular flexibility index (Phi) is 6.59. The van der Waals surface area contributed by atoms with E-state index in [0.29, 0.717) is 5.57 Å². The minimum atomic E-state index is -0.0365. The minimum Gasteiger partial charge on any atom is -0.350 e. The van der Waals surface area contributed by atoms with Crippen molar-refractivity contribution >= 4 is 17.6 Å². The summed E-state index contributed by atoms with van der Waals surface area (Å²) in [6.07, 6.45) is 3.81. The normalized spacial score (nSPS) is 12.4. The second-order valence-electron chi connectivity index (χ2n) is 6.73. The van der Waals surface area contributed by atoms with Gasteiger partial charge in [0.1, 0.15) is 0 Å². The van der Waals surface area contributed by atoms with Crippen LogP contribution in [0.1, 0.15) is 30.0 Å². The SMILES string of the molecule is C[C@H](CCc1ccccc1)NC(=O)/C(=C/c1ccccc1)c1ccccc1. The molecular weight excluding hydrogens is 330 g/mol. The summed E-state index contributed by atoms with van der Waals surface area (Å²) in [4.78, 5) is 13.0. The first-order chi connectivity index (χ1) is 13.2. The number of carbonyl (C=O) groups is 1. The van der Waals surface area contributed by atoms with Crippen molar-refractivity contribution in [3.63, 3.8) is 0 Å². The van der Waals surface area contributed by atoms with Crippen molar-refractivity contribution in [1.29, 1.82) is 0 Å². The first-order valence-electron chi connectivity index (χ1n) is 9.39. The highest BCUT2D eigenvalue weighted by Crippen LogP contribution is 2.19. The molecule has 3 rings (SSSR count). The van der Waals surface area contributed by atoms with E-state index in [9.17, 15) is 4.79 Å². The Labute approximate surface area is 161 Å². The molecule has 0 fully saturated rings. The van der Waals surface area contributed by atoms with Crippen molar-refractivity contribution in [1.82, 2.24) is 5.32 Å². The third-order valence-corrected chi connectivity index (χ3v) is 4.53. The second-order valence-corrected chi connectivity index (χ2v) is 6.73. The van der Waals surface area contributed by atoms with E-state index >= 15 is 0 Å². The van der Waals surface area contributed by atoms with E-state index < -0.39 is 0 Å². The number of aryl methyl sites for hydroxylation is 1. The average molecular weight is 355 g/mol. The van der Waals surface area contributed by atoms with Crippen LogP contribution in [0.4, 0.5) is 0 Å². The molecule has 0 bridgehead atoms. The van der Waals surface area contributed by atoms with Crippen LogP contribution in [0.5, 0.6) is 0 Å².